The summed E-state index contributed by atoms with van der Waals surface area (Å²) in [6.45, 7) is 4.07. The van der Waals surface area contributed by atoms with E-state index in [1.807, 2.05) is 62.4 Å². The largest absolute Gasteiger partial charge is 0.495 e. The van der Waals surface area contributed by atoms with Gasteiger partial charge in [-0.05, 0) is 61.2 Å². The molecule has 0 aliphatic rings. The average molecular weight is 439 g/mol. The van der Waals surface area contributed by atoms with Crippen LogP contribution in [0.15, 0.2) is 71.6 Å². The van der Waals surface area contributed by atoms with Crippen LogP contribution in [-0.4, -0.2) is 28.0 Å². The van der Waals surface area contributed by atoms with Crippen LogP contribution < -0.4 is 14.8 Å². The van der Waals surface area contributed by atoms with Crippen LogP contribution in [-0.2, 0) is 16.4 Å². The third-order valence-electron chi connectivity index (χ3n) is 4.91. The summed E-state index contributed by atoms with van der Waals surface area (Å²) in [7, 11) is -2.47. The summed E-state index contributed by atoms with van der Waals surface area (Å²) in [6.07, 6.45) is 0.551. The molecule has 0 fully saturated rings. The molecule has 3 rings (SSSR count). The number of sulfonamides is 1. The van der Waals surface area contributed by atoms with Gasteiger partial charge >= 0.3 is 0 Å². The number of hydrogen-bond donors (Lipinski definition) is 2. The van der Waals surface area contributed by atoms with E-state index in [1.165, 1.54) is 19.2 Å². The number of anilines is 1. The molecule has 162 valence electrons. The van der Waals surface area contributed by atoms with E-state index in [0.717, 1.165) is 16.7 Å². The molecule has 0 radical (unpaired) electrons. The fourth-order valence-corrected chi connectivity index (χ4v) is 4.37. The molecule has 0 saturated heterocycles. The molecule has 1 amide bonds. The molecule has 0 atom stereocenters. The fraction of sp³-hybridized carbons (Fsp3) is 0.208. The highest BCUT2D eigenvalue weighted by atomic mass is 32.2. The monoisotopic (exact) mass is 438 g/mol. The van der Waals surface area contributed by atoms with E-state index in [0.29, 0.717) is 12.1 Å². The SMILES string of the molecule is COc1ccc(C(=O)Nc2cc(C)ccc2C)cc1S(=O)(=O)NCCc1ccccc1. The number of nitrogens with one attached hydrogen (secondary N) is 2. The molecule has 0 spiro atoms. The first-order valence-corrected chi connectivity index (χ1v) is 11.4. The second kappa shape index (κ2) is 9.76. The van der Waals surface area contributed by atoms with Gasteiger partial charge < -0.3 is 10.1 Å². The molecule has 0 heterocycles. The second-order valence-electron chi connectivity index (χ2n) is 7.27. The molecule has 3 aromatic rings. The van der Waals surface area contributed by atoms with Crippen molar-refractivity contribution in [3.05, 3.63) is 89.0 Å². The maximum absolute atomic E-state index is 12.9. The van der Waals surface area contributed by atoms with Crippen LogP contribution in [0.3, 0.4) is 0 Å². The average Bonchev–Trinajstić information content (AvgIpc) is 2.76. The van der Waals surface area contributed by atoms with Crippen molar-refractivity contribution < 1.29 is 17.9 Å². The Labute approximate surface area is 183 Å². The third-order valence-corrected chi connectivity index (χ3v) is 6.39. The molecular formula is C24H26N2O4S. The first-order valence-electron chi connectivity index (χ1n) is 9.90. The van der Waals surface area contributed by atoms with Gasteiger partial charge in [0.05, 0.1) is 7.11 Å². The van der Waals surface area contributed by atoms with Crippen LogP contribution in [0.2, 0.25) is 0 Å². The van der Waals surface area contributed by atoms with Gasteiger partial charge in [0.1, 0.15) is 10.6 Å². The van der Waals surface area contributed by atoms with Crippen LogP contribution in [0.4, 0.5) is 5.69 Å². The van der Waals surface area contributed by atoms with Crippen LogP contribution in [0.5, 0.6) is 5.75 Å². The van der Waals surface area contributed by atoms with E-state index in [4.69, 9.17) is 4.74 Å². The zero-order chi connectivity index (χ0) is 22.4. The van der Waals surface area contributed by atoms with Crippen LogP contribution in [0.1, 0.15) is 27.0 Å². The minimum absolute atomic E-state index is 0.0725. The topological polar surface area (TPSA) is 84.5 Å². The zero-order valence-corrected chi connectivity index (χ0v) is 18.6. The van der Waals surface area contributed by atoms with Crippen molar-refractivity contribution in [3.8, 4) is 5.75 Å². The van der Waals surface area contributed by atoms with Crippen molar-refractivity contribution in [1.82, 2.24) is 4.72 Å². The van der Waals surface area contributed by atoms with Crippen molar-refractivity contribution in [2.75, 3.05) is 19.0 Å². The smallest absolute Gasteiger partial charge is 0.255 e. The molecule has 0 saturated carbocycles. The normalized spacial score (nSPS) is 11.2. The number of carbonyl (C=O) groups excluding carboxylic acids is 1. The highest BCUT2D eigenvalue weighted by Gasteiger charge is 2.21. The predicted octanol–water partition coefficient (Wildman–Crippen LogP) is 4.09. The second-order valence-corrected chi connectivity index (χ2v) is 9.01. The van der Waals surface area contributed by atoms with Crippen LogP contribution in [0, 0.1) is 13.8 Å². The van der Waals surface area contributed by atoms with E-state index in [9.17, 15) is 13.2 Å². The molecule has 0 aromatic heterocycles. The lowest BCUT2D eigenvalue weighted by atomic mass is 10.1. The lowest BCUT2D eigenvalue weighted by Gasteiger charge is -2.13. The fourth-order valence-electron chi connectivity index (χ4n) is 3.15. The number of hydrogen-bond acceptors (Lipinski definition) is 4. The zero-order valence-electron chi connectivity index (χ0n) is 17.8. The first kappa shape index (κ1) is 22.5. The quantitative estimate of drug-likeness (QED) is 0.555. The summed E-state index contributed by atoms with van der Waals surface area (Å²) in [4.78, 5) is 12.7. The number of rotatable bonds is 8. The van der Waals surface area contributed by atoms with Crippen LogP contribution in [0.25, 0.3) is 0 Å². The third kappa shape index (κ3) is 5.71. The van der Waals surface area contributed by atoms with Gasteiger partial charge in [-0.2, -0.15) is 0 Å². The van der Waals surface area contributed by atoms with Crippen molar-refractivity contribution >= 4 is 21.6 Å². The minimum atomic E-state index is -3.87. The molecule has 6 nitrogen and oxygen atoms in total. The Balaban J connectivity index is 1.80. The molecule has 7 heteroatoms. The molecule has 0 unspecified atom stereocenters. The van der Waals surface area contributed by atoms with Crippen molar-refractivity contribution in [3.63, 3.8) is 0 Å². The van der Waals surface area contributed by atoms with Gasteiger partial charge in [-0.1, -0.05) is 42.5 Å². The Kier molecular flexibility index (Phi) is 7.09. The summed E-state index contributed by atoms with van der Waals surface area (Å²) < 4.78 is 33.6. The van der Waals surface area contributed by atoms with Gasteiger partial charge in [0, 0.05) is 17.8 Å². The Morgan fingerprint density at radius 1 is 0.968 bits per heavy atom. The van der Waals surface area contributed by atoms with Crippen molar-refractivity contribution in [2.24, 2.45) is 0 Å². The van der Waals surface area contributed by atoms with Gasteiger partial charge in [-0.15, -0.1) is 0 Å². The Morgan fingerprint density at radius 3 is 2.42 bits per heavy atom. The summed E-state index contributed by atoms with van der Waals surface area (Å²) in [5, 5.41) is 2.85. The van der Waals surface area contributed by atoms with Gasteiger partial charge in [0.15, 0.2) is 0 Å². The van der Waals surface area contributed by atoms with Crippen molar-refractivity contribution in [1.29, 1.82) is 0 Å². The molecule has 2 N–H and O–H groups in total. The standard InChI is InChI=1S/C24H26N2O4S/c1-17-9-10-18(2)21(15-17)26-24(27)20-11-12-22(30-3)23(16-20)31(28,29)25-14-13-19-7-5-4-6-8-19/h4-12,15-16,25H,13-14H2,1-3H3,(H,26,27). The van der Waals surface area contributed by atoms with E-state index in [1.54, 1.807) is 6.07 Å². The molecule has 3 aromatic carbocycles. The van der Waals surface area contributed by atoms with E-state index in [-0.39, 0.29) is 22.8 Å². The number of carbonyl (C=O) groups is 1. The van der Waals surface area contributed by atoms with Crippen molar-refractivity contribution in [2.45, 2.75) is 25.2 Å². The van der Waals surface area contributed by atoms with E-state index >= 15 is 0 Å². The van der Waals surface area contributed by atoms with E-state index < -0.39 is 15.9 Å². The Hall–Kier alpha value is -3.16. The number of aryl methyl sites for hydroxylation is 2. The Bertz CT molecular complexity index is 1180. The molecule has 0 aliphatic carbocycles. The number of benzene rings is 3. The number of ether oxygens (including phenoxy) is 1. The molecule has 0 aliphatic heterocycles. The van der Waals surface area contributed by atoms with Crippen LogP contribution >= 0.6 is 0 Å². The van der Waals surface area contributed by atoms with Gasteiger partial charge in [0.2, 0.25) is 10.0 Å². The maximum atomic E-state index is 12.9. The van der Waals surface area contributed by atoms with Gasteiger partial charge in [0.25, 0.3) is 5.91 Å². The highest BCUT2D eigenvalue weighted by molar-refractivity contribution is 7.89. The molecule has 31 heavy (non-hydrogen) atoms. The molecule has 0 bridgehead atoms. The number of amides is 1. The Morgan fingerprint density at radius 2 is 1.71 bits per heavy atom. The van der Waals surface area contributed by atoms with Gasteiger partial charge in [-0.3, -0.25) is 4.79 Å². The summed E-state index contributed by atoms with van der Waals surface area (Å²) in [5.41, 5.74) is 3.87. The lowest BCUT2D eigenvalue weighted by molar-refractivity contribution is 0.102. The highest BCUT2D eigenvalue weighted by Crippen LogP contribution is 2.26. The summed E-state index contributed by atoms with van der Waals surface area (Å²) in [5.74, 6) is -0.215. The molecular weight excluding hydrogens is 412 g/mol. The maximum Gasteiger partial charge on any atom is 0.255 e. The number of methoxy groups -OCH3 is 1. The summed E-state index contributed by atoms with van der Waals surface area (Å²) >= 11 is 0. The minimum Gasteiger partial charge on any atom is -0.495 e. The van der Waals surface area contributed by atoms with E-state index in [2.05, 4.69) is 10.0 Å². The lowest BCUT2D eigenvalue weighted by Crippen LogP contribution is -2.27. The predicted molar refractivity (Wildman–Crippen MR) is 122 cm³/mol. The summed E-state index contributed by atoms with van der Waals surface area (Å²) in [6, 6.07) is 19.7. The van der Waals surface area contributed by atoms with Gasteiger partial charge in [-0.25, -0.2) is 13.1 Å². The first-order chi connectivity index (χ1) is 14.8.